The van der Waals surface area contributed by atoms with E-state index in [0.29, 0.717) is 12.1 Å². The first-order valence-electron chi connectivity index (χ1n) is 8.51. The molecular formula is C18H27BrClNO2. The van der Waals surface area contributed by atoms with E-state index in [9.17, 15) is 0 Å². The highest BCUT2D eigenvalue weighted by Gasteiger charge is 2.31. The second kappa shape index (κ2) is 10.00. The molecule has 2 atom stereocenters. The van der Waals surface area contributed by atoms with Gasteiger partial charge < -0.3 is 9.47 Å². The van der Waals surface area contributed by atoms with Crippen molar-refractivity contribution in [1.82, 2.24) is 4.90 Å². The minimum Gasteiger partial charge on any atom is -0.379 e. The summed E-state index contributed by atoms with van der Waals surface area (Å²) in [5.74, 6) is 0. The molecule has 23 heavy (non-hydrogen) atoms. The molecule has 0 radical (unpaired) electrons. The zero-order valence-electron chi connectivity index (χ0n) is 13.6. The van der Waals surface area contributed by atoms with Crippen molar-refractivity contribution in [3.63, 3.8) is 0 Å². The average molecular weight is 405 g/mol. The van der Waals surface area contributed by atoms with Gasteiger partial charge >= 0.3 is 0 Å². The van der Waals surface area contributed by atoms with Crippen molar-refractivity contribution >= 4 is 28.3 Å². The Morgan fingerprint density at radius 2 is 1.96 bits per heavy atom. The standard InChI is InChI=1S/C18H26BrNO2.ClH/c19-16-5-3-4-15(14-16)8-11-22-18-7-2-1-6-17(18)20-9-12-21-13-10-20;/h3-5,14,17-18H,1-2,6-13H2;1H. The Bertz CT molecular complexity index is 468. The Morgan fingerprint density at radius 3 is 2.74 bits per heavy atom. The summed E-state index contributed by atoms with van der Waals surface area (Å²) in [4.78, 5) is 2.59. The van der Waals surface area contributed by atoms with Gasteiger partial charge in [-0.05, 0) is 37.0 Å². The predicted octanol–water partition coefficient (Wildman–Crippen LogP) is 4.07. The molecule has 0 amide bonds. The van der Waals surface area contributed by atoms with E-state index in [-0.39, 0.29) is 12.4 Å². The molecule has 1 aliphatic heterocycles. The third-order valence-electron chi connectivity index (χ3n) is 4.79. The van der Waals surface area contributed by atoms with E-state index in [1.54, 1.807) is 0 Å². The van der Waals surface area contributed by atoms with Crippen LogP contribution in [0.1, 0.15) is 31.2 Å². The van der Waals surface area contributed by atoms with Crippen LogP contribution >= 0.6 is 28.3 Å². The summed E-state index contributed by atoms with van der Waals surface area (Å²) in [6.07, 6.45) is 6.53. The molecule has 1 aromatic carbocycles. The maximum absolute atomic E-state index is 6.29. The van der Waals surface area contributed by atoms with Gasteiger partial charge in [-0.25, -0.2) is 0 Å². The molecule has 1 aromatic rings. The normalized spacial score (nSPS) is 25.8. The van der Waals surface area contributed by atoms with Crippen molar-refractivity contribution < 1.29 is 9.47 Å². The lowest BCUT2D eigenvalue weighted by atomic mass is 9.91. The van der Waals surface area contributed by atoms with Crippen LogP contribution in [0.5, 0.6) is 0 Å². The first kappa shape index (κ1) is 19.2. The summed E-state index contributed by atoms with van der Waals surface area (Å²) in [5, 5.41) is 0. The van der Waals surface area contributed by atoms with Gasteiger partial charge in [0.15, 0.2) is 0 Å². The molecule has 1 saturated heterocycles. The SMILES string of the molecule is Brc1cccc(CCOC2CCCCC2N2CCOCC2)c1.Cl. The van der Waals surface area contributed by atoms with Crippen molar-refractivity contribution in [3.05, 3.63) is 34.3 Å². The molecule has 1 heterocycles. The van der Waals surface area contributed by atoms with Gasteiger partial charge in [0.05, 0.1) is 25.9 Å². The number of benzene rings is 1. The number of nitrogens with zero attached hydrogens (tertiary/aromatic N) is 1. The van der Waals surface area contributed by atoms with Crippen LogP contribution in [0.3, 0.4) is 0 Å². The Balaban J connectivity index is 0.00000192. The third-order valence-corrected chi connectivity index (χ3v) is 5.29. The number of rotatable bonds is 5. The smallest absolute Gasteiger partial charge is 0.0730 e. The van der Waals surface area contributed by atoms with Crippen LogP contribution in [0.15, 0.2) is 28.7 Å². The van der Waals surface area contributed by atoms with Gasteiger partial charge in [0, 0.05) is 23.6 Å². The van der Waals surface area contributed by atoms with Gasteiger partial charge in [0.1, 0.15) is 0 Å². The quantitative estimate of drug-likeness (QED) is 0.738. The summed E-state index contributed by atoms with van der Waals surface area (Å²) < 4.78 is 12.9. The lowest BCUT2D eigenvalue weighted by Gasteiger charge is -2.41. The first-order chi connectivity index (χ1) is 10.8. The number of hydrogen-bond acceptors (Lipinski definition) is 3. The maximum Gasteiger partial charge on any atom is 0.0730 e. The zero-order chi connectivity index (χ0) is 15.2. The van der Waals surface area contributed by atoms with Gasteiger partial charge in [-0.15, -0.1) is 12.4 Å². The Labute approximate surface area is 154 Å². The third kappa shape index (κ3) is 5.71. The molecule has 1 aliphatic carbocycles. The lowest BCUT2D eigenvalue weighted by Crippen LogP contribution is -2.51. The van der Waals surface area contributed by atoms with E-state index < -0.39 is 0 Å². The van der Waals surface area contributed by atoms with Crippen LogP contribution in [0, 0.1) is 0 Å². The molecule has 3 rings (SSSR count). The fraction of sp³-hybridized carbons (Fsp3) is 0.667. The molecule has 130 valence electrons. The van der Waals surface area contributed by atoms with Crippen LogP contribution in [0.25, 0.3) is 0 Å². The highest BCUT2D eigenvalue weighted by atomic mass is 79.9. The summed E-state index contributed by atoms with van der Waals surface area (Å²) in [6.45, 7) is 4.71. The lowest BCUT2D eigenvalue weighted by molar-refractivity contribution is -0.0647. The molecule has 0 spiro atoms. The van der Waals surface area contributed by atoms with Crippen molar-refractivity contribution in [2.45, 2.75) is 44.2 Å². The van der Waals surface area contributed by atoms with Crippen LogP contribution in [0.2, 0.25) is 0 Å². The molecular weight excluding hydrogens is 378 g/mol. The summed E-state index contributed by atoms with van der Waals surface area (Å²) in [7, 11) is 0. The first-order valence-corrected chi connectivity index (χ1v) is 9.30. The van der Waals surface area contributed by atoms with Crippen LogP contribution in [-0.4, -0.2) is 50.0 Å². The minimum atomic E-state index is 0. The summed E-state index contributed by atoms with van der Waals surface area (Å²) >= 11 is 3.53. The topological polar surface area (TPSA) is 21.7 Å². The molecule has 3 nitrogen and oxygen atoms in total. The minimum absolute atomic E-state index is 0. The van der Waals surface area contributed by atoms with Gasteiger partial charge in [0.25, 0.3) is 0 Å². The molecule has 1 saturated carbocycles. The fourth-order valence-electron chi connectivity index (χ4n) is 3.62. The van der Waals surface area contributed by atoms with Crippen molar-refractivity contribution in [2.24, 2.45) is 0 Å². The van der Waals surface area contributed by atoms with Gasteiger partial charge in [-0.1, -0.05) is 40.9 Å². The van der Waals surface area contributed by atoms with Crippen molar-refractivity contribution in [1.29, 1.82) is 0 Å². The van der Waals surface area contributed by atoms with E-state index in [4.69, 9.17) is 9.47 Å². The van der Waals surface area contributed by atoms with Crippen LogP contribution in [0.4, 0.5) is 0 Å². The van der Waals surface area contributed by atoms with Crippen LogP contribution in [-0.2, 0) is 15.9 Å². The number of morpholine rings is 1. The molecule has 2 aliphatic rings. The van der Waals surface area contributed by atoms with Crippen LogP contribution < -0.4 is 0 Å². The molecule has 0 aromatic heterocycles. The maximum atomic E-state index is 6.29. The number of halogens is 2. The molecule has 2 fully saturated rings. The summed E-state index contributed by atoms with van der Waals surface area (Å²) in [6, 6.07) is 9.12. The van der Waals surface area contributed by atoms with Gasteiger partial charge in [-0.2, -0.15) is 0 Å². The molecule has 0 bridgehead atoms. The molecule has 5 heteroatoms. The predicted molar refractivity (Wildman–Crippen MR) is 99.5 cm³/mol. The average Bonchev–Trinajstić information content (AvgIpc) is 2.56. The van der Waals surface area contributed by atoms with Gasteiger partial charge in [-0.3, -0.25) is 4.90 Å². The summed E-state index contributed by atoms with van der Waals surface area (Å²) in [5.41, 5.74) is 1.34. The zero-order valence-corrected chi connectivity index (χ0v) is 16.0. The fourth-order valence-corrected chi connectivity index (χ4v) is 4.07. The second-order valence-electron chi connectivity index (χ2n) is 6.29. The van der Waals surface area contributed by atoms with E-state index in [1.807, 2.05) is 0 Å². The second-order valence-corrected chi connectivity index (χ2v) is 7.20. The van der Waals surface area contributed by atoms with Gasteiger partial charge in [0.2, 0.25) is 0 Å². The monoisotopic (exact) mass is 403 g/mol. The Kier molecular flexibility index (Phi) is 8.34. The largest absolute Gasteiger partial charge is 0.379 e. The van der Waals surface area contributed by atoms with E-state index in [1.165, 1.54) is 31.2 Å². The highest BCUT2D eigenvalue weighted by Crippen LogP contribution is 2.26. The molecule has 2 unspecified atom stereocenters. The van der Waals surface area contributed by atoms with Crippen molar-refractivity contribution in [2.75, 3.05) is 32.9 Å². The Morgan fingerprint density at radius 1 is 1.17 bits per heavy atom. The molecule has 0 N–H and O–H groups in total. The number of hydrogen-bond donors (Lipinski definition) is 0. The van der Waals surface area contributed by atoms with E-state index in [0.717, 1.165) is 43.8 Å². The van der Waals surface area contributed by atoms with Crippen molar-refractivity contribution in [3.8, 4) is 0 Å². The van der Waals surface area contributed by atoms with E-state index in [2.05, 4.69) is 45.1 Å². The highest BCUT2D eigenvalue weighted by molar-refractivity contribution is 9.10. The Hall–Kier alpha value is -0.130. The van der Waals surface area contributed by atoms with E-state index >= 15 is 0 Å². The number of ether oxygens (including phenoxy) is 2.